The molecule has 2 aromatic rings. The van der Waals surface area contributed by atoms with Gasteiger partial charge in [-0.15, -0.1) is 0 Å². The number of aryl methyl sites for hydroxylation is 1. The number of H-pyrrole nitrogens is 1. The quantitative estimate of drug-likeness (QED) is 0.881. The van der Waals surface area contributed by atoms with Crippen molar-refractivity contribution >= 4 is 5.91 Å². The second kappa shape index (κ2) is 8.71. The van der Waals surface area contributed by atoms with E-state index in [0.29, 0.717) is 31.6 Å². The molecule has 0 saturated carbocycles. The van der Waals surface area contributed by atoms with Crippen LogP contribution in [0.3, 0.4) is 0 Å². The molecule has 26 heavy (non-hydrogen) atoms. The van der Waals surface area contributed by atoms with Gasteiger partial charge in [-0.2, -0.15) is 5.10 Å². The van der Waals surface area contributed by atoms with E-state index < -0.39 is 0 Å². The van der Waals surface area contributed by atoms with E-state index in [-0.39, 0.29) is 17.3 Å². The van der Waals surface area contributed by atoms with Crippen LogP contribution in [0.4, 0.5) is 4.39 Å². The normalized spacial score (nSPS) is 15.7. The number of rotatable bonds is 5. The van der Waals surface area contributed by atoms with Crippen LogP contribution in [0.5, 0.6) is 0 Å². The van der Waals surface area contributed by atoms with Crippen LogP contribution in [0.15, 0.2) is 41.2 Å². The fraction of sp³-hybridized carbons (Fsp3) is 0.421. The van der Waals surface area contributed by atoms with E-state index in [0.717, 1.165) is 31.6 Å². The summed E-state index contributed by atoms with van der Waals surface area (Å²) in [4.78, 5) is 27.6. The monoisotopic (exact) mass is 358 g/mol. The predicted octanol–water partition coefficient (Wildman–Crippen LogP) is 1.58. The number of hydrogen-bond donors (Lipinski definition) is 1. The zero-order valence-electron chi connectivity index (χ0n) is 14.7. The van der Waals surface area contributed by atoms with Gasteiger partial charge in [-0.25, -0.2) is 9.49 Å². The molecule has 138 valence electrons. The second-order valence-electron chi connectivity index (χ2n) is 6.55. The first-order chi connectivity index (χ1) is 12.6. The Labute approximate surface area is 151 Å². The number of aromatic amines is 1. The number of benzene rings is 1. The van der Waals surface area contributed by atoms with Crippen molar-refractivity contribution in [1.29, 1.82) is 0 Å². The highest BCUT2D eigenvalue weighted by Crippen LogP contribution is 2.11. The standard InChI is InChI=1S/C19H23FN4O2/c20-16-4-1-3-15(13-16)14-23-9-2-10-24(12-11-23)19(26)8-6-17-5-7-18(25)22-21-17/h1,3-5,7,13H,2,6,8-12,14H2,(H,22,25). The lowest BCUT2D eigenvalue weighted by atomic mass is 10.2. The predicted molar refractivity (Wildman–Crippen MR) is 96.1 cm³/mol. The van der Waals surface area contributed by atoms with E-state index in [4.69, 9.17) is 0 Å². The number of halogens is 1. The van der Waals surface area contributed by atoms with E-state index in [1.54, 1.807) is 18.2 Å². The van der Waals surface area contributed by atoms with Gasteiger partial charge in [0.2, 0.25) is 5.91 Å². The number of aromatic nitrogens is 2. The molecule has 1 aliphatic heterocycles. The van der Waals surface area contributed by atoms with Gasteiger partial charge in [0, 0.05) is 51.6 Å². The van der Waals surface area contributed by atoms with Crippen LogP contribution in [0, 0.1) is 5.82 Å². The first kappa shape index (κ1) is 18.3. The molecule has 1 aliphatic rings. The fourth-order valence-electron chi connectivity index (χ4n) is 3.18. The van der Waals surface area contributed by atoms with E-state index >= 15 is 0 Å². The summed E-state index contributed by atoms with van der Waals surface area (Å²) in [7, 11) is 0. The Morgan fingerprint density at radius 3 is 2.81 bits per heavy atom. The average molecular weight is 358 g/mol. The summed E-state index contributed by atoms with van der Waals surface area (Å²) in [6.07, 6.45) is 1.79. The van der Waals surface area contributed by atoms with Gasteiger partial charge in [0.15, 0.2) is 0 Å². The summed E-state index contributed by atoms with van der Waals surface area (Å²) in [5, 5.41) is 6.32. The van der Waals surface area contributed by atoms with Crippen LogP contribution in [-0.4, -0.2) is 52.1 Å². The maximum Gasteiger partial charge on any atom is 0.264 e. The summed E-state index contributed by atoms with van der Waals surface area (Å²) in [6.45, 7) is 3.77. The smallest absolute Gasteiger partial charge is 0.264 e. The summed E-state index contributed by atoms with van der Waals surface area (Å²) in [5.74, 6) is -0.115. The topological polar surface area (TPSA) is 69.3 Å². The Morgan fingerprint density at radius 1 is 1.15 bits per heavy atom. The van der Waals surface area contributed by atoms with Gasteiger partial charge in [-0.1, -0.05) is 12.1 Å². The molecule has 1 aromatic carbocycles. The van der Waals surface area contributed by atoms with Crippen LogP contribution in [0.2, 0.25) is 0 Å². The van der Waals surface area contributed by atoms with E-state index in [1.807, 2.05) is 11.0 Å². The molecule has 0 radical (unpaired) electrons. The molecular formula is C19H23FN4O2. The van der Waals surface area contributed by atoms with Gasteiger partial charge in [0.05, 0.1) is 5.69 Å². The highest BCUT2D eigenvalue weighted by atomic mass is 19.1. The van der Waals surface area contributed by atoms with Crippen molar-refractivity contribution < 1.29 is 9.18 Å². The number of carbonyl (C=O) groups excluding carboxylic acids is 1. The van der Waals surface area contributed by atoms with Gasteiger partial charge >= 0.3 is 0 Å². The zero-order chi connectivity index (χ0) is 18.4. The third-order valence-electron chi connectivity index (χ3n) is 4.57. The molecule has 3 rings (SSSR count). The molecule has 1 N–H and O–H groups in total. The molecule has 7 heteroatoms. The van der Waals surface area contributed by atoms with Crippen molar-refractivity contribution in [3.05, 3.63) is 63.8 Å². The van der Waals surface area contributed by atoms with Crippen molar-refractivity contribution in [2.24, 2.45) is 0 Å². The van der Waals surface area contributed by atoms with Gasteiger partial charge in [0.1, 0.15) is 5.82 Å². The van der Waals surface area contributed by atoms with Gasteiger partial charge in [0.25, 0.3) is 5.56 Å². The highest BCUT2D eigenvalue weighted by molar-refractivity contribution is 5.76. The van der Waals surface area contributed by atoms with Crippen molar-refractivity contribution in [3.8, 4) is 0 Å². The molecule has 1 amide bonds. The van der Waals surface area contributed by atoms with Gasteiger partial charge < -0.3 is 4.90 Å². The van der Waals surface area contributed by atoms with E-state index in [9.17, 15) is 14.0 Å². The Balaban J connectivity index is 1.48. The maximum atomic E-state index is 13.3. The van der Waals surface area contributed by atoms with Crippen LogP contribution in [-0.2, 0) is 17.8 Å². The molecule has 1 saturated heterocycles. The molecule has 0 aliphatic carbocycles. The molecule has 1 fully saturated rings. The number of hydrogen-bond acceptors (Lipinski definition) is 4. The first-order valence-electron chi connectivity index (χ1n) is 8.89. The minimum Gasteiger partial charge on any atom is -0.341 e. The zero-order valence-corrected chi connectivity index (χ0v) is 14.7. The third kappa shape index (κ3) is 5.23. The van der Waals surface area contributed by atoms with Crippen LogP contribution >= 0.6 is 0 Å². The molecule has 6 nitrogen and oxygen atoms in total. The minimum absolute atomic E-state index is 0.102. The van der Waals surface area contributed by atoms with Crippen LogP contribution < -0.4 is 5.56 Å². The number of nitrogens with zero attached hydrogens (tertiary/aromatic N) is 3. The molecule has 0 bridgehead atoms. The third-order valence-corrected chi connectivity index (χ3v) is 4.57. The number of carbonyl (C=O) groups is 1. The second-order valence-corrected chi connectivity index (χ2v) is 6.55. The largest absolute Gasteiger partial charge is 0.341 e. The van der Waals surface area contributed by atoms with Crippen molar-refractivity contribution in [3.63, 3.8) is 0 Å². The Hall–Kier alpha value is -2.54. The number of nitrogens with one attached hydrogen (secondary N) is 1. The van der Waals surface area contributed by atoms with E-state index in [2.05, 4.69) is 15.1 Å². The highest BCUT2D eigenvalue weighted by Gasteiger charge is 2.19. The Bertz CT molecular complexity index is 788. The lowest BCUT2D eigenvalue weighted by Gasteiger charge is -2.22. The maximum absolute atomic E-state index is 13.3. The molecule has 0 spiro atoms. The van der Waals surface area contributed by atoms with Crippen molar-refractivity contribution in [2.75, 3.05) is 26.2 Å². The lowest BCUT2D eigenvalue weighted by Crippen LogP contribution is -2.35. The minimum atomic E-state index is -0.244. The van der Waals surface area contributed by atoms with Crippen LogP contribution in [0.25, 0.3) is 0 Å². The van der Waals surface area contributed by atoms with Gasteiger partial charge in [-0.05, 0) is 30.2 Å². The molecular weight excluding hydrogens is 335 g/mol. The summed E-state index contributed by atoms with van der Waals surface area (Å²) >= 11 is 0. The summed E-state index contributed by atoms with van der Waals surface area (Å²) in [5.41, 5.74) is 1.42. The first-order valence-corrected chi connectivity index (χ1v) is 8.89. The SMILES string of the molecule is O=C(CCc1ccc(=O)[nH]n1)N1CCCN(Cc2cccc(F)c2)CC1. The van der Waals surface area contributed by atoms with Gasteiger partial charge in [-0.3, -0.25) is 14.5 Å². The Morgan fingerprint density at radius 2 is 2.04 bits per heavy atom. The fourth-order valence-corrected chi connectivity index (χ4v) is 3.18. The molecule has 1 aromatic heterocycles. The number of amides is 1. The molecule has 0 unspecified atom stereocenters. The molecule has 0 atom stereocenters. The van der Waals surface area contributed by atoms with Crippen LogP contribution in [0.1, 0.15) is 24.1 Å². The van der Waals surface area contributed by atoms with Crippen molar-refractivity contribution in [1.82, 2.24) is 20.0 Å². The Kier molecular flexibility index (Phi) is 6.12. The van der Waals surface area contributed by atoms with Crippen molar-refractivity contribution in [2.45, 2.75) is 25.8 Å². The average Bonchev–Trinajstić information content (AvgIpc) is 2.87. The van der Waals surface area contributed by atoms with E-state index in [1.165, 1.54) is 12.1 Å². The summed E-state index contributed by atoms with van der Waals surface area (Å²) in [6, 6.07) is 9.73. The molecule has 2 heterocycles. The summed E-state index contributed by atoms with van der Waals surface area (Å²) < 4.78 is 13.3. The lowest BCUT2D eigenvalue weighted by molar-refractivity contribution is -0.131.